The van der Waals surface area contributed by atoms with E-state index in [4.69, 9.17) is 20.4 Å². The quantitative estimate of drug-likeness (QED) is 0.201. The molecule has 1 aromatic carbocycles. The van der Waals surface area contributed by atoms with Crippen LogP contribution in [0.5, 0.6) is 0 Å². The van der Waals surface area contributed by atoms with E-state index in [1.54, 1.807) is 0 Å². The second-order valence-corrected chi connectivity index (χ2v) is 7.35. The summed E-state index contributed by atoms with van der Waals surface area (Å²) < 4.78 is 90.9. The van der Waals surface area contributed by atoms with Gasteiger partial charge in [-0.05, 0) is 22.6 Å². The fraction of sp³-hybridized carbons (Fsp3) is 0.471. The first-order valence-electron chi connectivity index (χ1n) is 8.95. The van der Waals surface area contributed by atoms with E-state index in [2.05, 4.69) is 14.9 Å². The van der Waals surface area contributed by atoms with Gasteiger partial charge in [-0.2, -0.15) is 13.2 Å². The van der Waals surface area contributed by atoms with Crippen molar-refractivity contribution in [3.05, 3.63) is 46.8 Å². The summed E-state index contributed by atoms with van der Waals surface area (Å²) in [7, 11) is -3.04. The lowest BCUT2D eigenvalue weighted by Crippen LogP contribution is -2.42. The van der Waals surface area contributed by atoms with Gasteiger partial charge in [-0.25, -0.2) is 18.4 Å². The molecule has 2 atom stereocenters. The van der Waals surface area contributed by atoms with Crippen molar-refractivity contribution < 1.29 is 52.0 Å². The van der Waals surface area contributed by atoms with Gasteiger partial charge in [0.25, 0.3) is 0 Å². The van der Waals surface area contributed by atoms with Gasteiger partial charge >= 0.3 is 14.4 Å². The number of fused-ring (bicyclic) bond motifs is 1. The molecule has 0 aliphatic carbocycles. The highest BCUT2D eigenvalue weighted by Crippen LogP contribution is 2.29. The molecule has 10 nitrogen and oxygen atoms in total. The highest BCUT2D eigenvalue weighted by molar-refractivity contribution is 7.30. The van der Waals surface area contributed by atoms with Gasteiger partial charge in [-0.3, -0.25) is 4.79 Å². The summed E-state index contributed by atoms with van der Waals surface area (Å²) in [5.41, 5.74) is 5.64. The standard InChI is InChI=1S/C16H15F6N5O.CH4.HO4P.H2/c17-10-6-12(19)11(18)4-8(10)3-9(23)5-14(28)26-1-2-27-13(7-26)24-25-15(27)16(20,21)22;;1-4-5(2)3;/h4,6,9H,1-3,5,7,23H2;1H4;1H;1H/t9-;;;/m1.../s1. The Morgan fingerprint density at radius 3 is 2.38 bits per heavy atom. The predicted octanol–water partition coefficient (Wildman–Crippen LogP) is 2.39. The molecule has 34 heavy (non-hydrogen) atoms. The average molecular weight is 521 g/mol. The summed E-state index contributed by atoms with van der Waals surface area (Å²) in [4.78, 5) is 22.6. The number of hydrogen-bond donors (Lipinski definition) is 2. The van der Waals surface area contributed by atoms with Crippen molar-refractivity contribution in [3.8, 4) is 0 Å². The largest absolute Gasteiger partial charge is 0.565 e. The van der Waals surface area contributed by atoms with E-state index in [0.717, 1.165) is 4.57 Å². The van der Waals surface area contributed by atoms with Crippen LogP contribution in [-0.4, -0.2) is 43.4 Å². The summed E-state index contributed by atoms with van der Waals surface area (Å²) in [6, 6.07) is 0.184. The third kappa shape index (κ3) is 7.70. The third-order valence-corrected chi connectivity index (χ3v) is 4.57. The Balaban J connectivity index is 0.00000150. The van der Waals surface area contributed by atoms with Crippen LogP contribution in [-0.2, 0) is 39.7 Å². The van der Waals surface area contributed by atoms with Crippen LogP contribution in [0.1, 0.15) is 32.5 Å². The molecule has 0 spiro atoms. The van der Waals surface area contributed by atoms with E-state index in [9.17, 15) is 31.1 Å². The molecule has 1 aromatic heterocycles. The number of hydrogen-bond acceptors (Lipinski definition) is 8. The van der Waals surface area contributed by atoms with Gasteiger partial charge in [0.2, 0.25) is 11.7 Å². The van der Waals surface area contributed by atoms with Gasteiger partial charge in [0.1, 0.15) is 5.82 Å². The number of alkyl halides is 3. The summed E-state index contributed by atoms with van der Waals surface area (Å²) in [5, 5.41) is 13.6. The number of rotatable bonds is 5. The molecule has 1 aliphatic rings. The Morgan fingerprint density at radius 2 is 1.82 bits per heavy atom. The van der Waals surface area contributed by atoms with Crippen molar-refractivity contribution in [2.75, 3.05) is 6.54 Å². The van der Waals surface area contributed by atoms with Gasteiger partial charge in [-0.1, -0.05) is 7.43 Å². The van der Waals surface area contributed by atoms with Crippen LogP contribution in [0.4, 0.5) is 26.3 Å². The van der Waals surface area contributed by atoms with Crippen LogP contribution >= 0.6 is 8.25 Å². The zero-order valence-electron chi connectivity index (χ0n) is 16.4. The molecule has 3 N–H and O–H groups in total. The second kappa shape index (κ2) is 12.2. The first kappa shape index (κ1) is 29.4. The summed E-state index contributed by atoms with van der Waals surface area (Å²) in [5.74, 6) is -5.15. The normalized spacial score (nSPS) is 14.4. The minimum absolute atomic E-state index is 0. The van der Waals surface area contributed by atoms with Crippen molar-refractivity contribution in [1.82, 2.24) is 19.7 Å². The number of halogens is 6. The molecule has 0 saturated carbocycles. The van der Waals surface area contributed by atoms with E-state index in [-0.39, 0.29) is 52.7 Å². The molecule has 1 unspecified atom stereocenters. The molecular formula is C17H22F6N5O5P. The van der Waals surface area contributed by atoms with E-state index in [0.29, 0.717) is 12.1 Å². The lowest BCUT2D eigenvalue weighted by molar-refractivity contribution is -0.244. The minimum Gasteiger partial charge on any atom is -0.565 e. The van der Waals surface area contributed by atoms with Crippen LogP contribution in [0.25, 0.3) is 0 Å². The zero-order valence-corrected chi connectivity index (χ0v) is 17.3. The van der Waals surface area contributed by atoms with Crippen molar-refractivity contribution in [2.24, 2.45) is 5.73 Å². The van der Waals surface area contributed by atoms with Crippen LogP contribution < -0.4 is 10.6 Å². The fourth-order valence-corrected chi connectivity index (χ4v) is 3.01. The Hall–Kier alpha value is -2.65. The van der Waals surface area contributed by atoms with Crippen molar-refractivity contribution >= 4 is 14.2 Å². The molecule has 17 heteroatoms. The molecule has 0 bridgehead atoms. The van der Waals surface area contributed by atoms with E-state index in [1.165, 1.54) is 4.90 Å². The lowest BCUT2D eigenvalue weighted by atomic mass is 10.0. The SMILES string of the molecule is C.N[C@@H](CC(=O)N1CCn2c(nnc2C(F)(F)F)C1)Cc1cc(F)c(F)cc1F.O=[P+]([O-])OO.[HH]. The first-order valence-corrected chi connectivity index (χ1v) is 10.0. The van der Waals surface area contributed by atoms with Gasteiger partial charge in [0, 0.05) is 37.7 Å². The van der Waals surface area contributed by atoms with Crippen LogP contribution in [0, 0.1) is 17.5 Å². The second-order valence-electron chi connectivity index (χ2n) is 6.74. The number of amides is 1. The van der Waals surface area contributed by atoms with Crippen molar-refractivity contribution in [1.29, 1.82) is 0 Å². The molecule has 1 aliphatic heterocycles. The lowest BCUT2D eigenvalue weighted by Gasteiger charge is -2.29. The maximum Gasteiger partial charge on any atom is 0.521 e. The third-order valence-electron chi connectivity index (χ3n) is 4.43. The fourth-order valence-electron chi connectivity index (χ4n) is 3.01. The minimum atomic E-state index is -4.64. The Morgan fingerprint density at radius 1 is 1.24 bits per heavy atom. The molecule has 2 aromatic rings. The van der Waals surface area contributed by atoms with E-state index in [1.807, 2.05) is 0 Å². The Labute approximate surface area is 191 Å². The molecule has 0 fully saturated rings. The van der Waals surface area contributed by atoms with Gasteiger partial charge in [0.15, 0.2) is 17.5 Å². The number of nitrogens with zero attached hydrogens (tertiary/aromatic N) is 4. The Bertz CT molecular complexity index is 1030. The first-order chi connectivity index (χ1) is 15.3. The molecular weight excluding hydrogens is 499 g/mol. The topological polar surface area (TPSA) is 147 Å². The maximum atomic E-state index is 13.7. The number of aromatic nitrogens is 3. The van der Waals surface area contributed by atoms with Crippen molar-refractivity contribution in [3.63, 3.8) is 0 Å². The van der Waals surface area contributed by atoms with Gasteiger partial charge in [0.05, 0.1) is 6.54 Å². The van der Waals surface area contributed by atoms with Gasteiger partial charge in [-0.15, -0.1) is 10.2 Å². The van der Waals surface area contributed by atoms with Crippen LogP contribution in [0.2, 0.25) is 0 Å². The summed E-state index contributed by atoms with van der Waals surface area (Å²) >= 11 is 0. The molecule has 0 saturated heterocycles. The van der Waals surface area contributed by atoms with Crippen molar-refractivity contribution in [2.45, 2.75) is 45.6 Å². The van der Waals surface area contributed by atoms with Crippen LogP contribution in [0.15, 0.2) is 12.1 Å². The highest BCUT2D eigenvalue weighted by atomic mass is 31.1. The molecule has 2 heterocycles. The smallest absolute Gasteiger partial charge is 0.521 e. The number of carbonyl (C=O) groups excluding carboxylic acids is 1. The molecule has 1 amide bonds. The maximum absolute atomic E-state index is 13.7. The molecule has 192 valence electrons. The average Bonchev–Trinajstić information content (AvgIpc) is 3.16. The van der Waals surface area contributed by atoms with E-state index >= 15 is 0 Å². The summed E-state index contributed by atoms with van der Waals surface area (Å²) in [6.45, 7) is -0.302. The number of carbonyl (C=O) groups is 1. The zero-order chi connectivity index (χ0) is 24.9. The number of benzene rings is 1. The number of nitrogens with two attached hydrogens (primary N) is 1. The Kier molecular flexibility index (Phi) is 10.5. The highest BCUT2D eigenvalue weighted by Gasteiger charge is 2.40. The monoisotopic (exact) mass is 521 g/mol. The van der Waals surface area contributed by atoms with Gasteiger partial charge < -0.3 is 20.1 Å². The van der Waals surface area contributed by atoms with E-state index < -0.39 is 49.7 Å². The summed E-state index contributed by atoms with van der Waals surface area (Å²) in [6.07, 6.45) is -5.11. The predicted molar refractivity (Wildman–Crippen MR) is 103 cm³/mol. The molecule has 0 radical (unpaired) electrons. The molecule has 3 rings (SSSR count). The van der Waals surface area contributed by atoms with Crippen LogP contribution in [0.3, 0.4) is 0 Å².